The lowest BCUT2D eigenvalue weighted by atomic mass is 9.91. The molecule has 2 aromatic rings. The van der Waals surface area contributed by atoms with E-state index in [-0.39, 0.29) is 11.8 Å². The van der Waals surface area contributed by atoms with Gasteiger partial charge in [-0.15, -0.1) is 0 Å². The third-order valence-corrected chi connectivity index (χ3v) is 4.34. The van der Waals surface area contributed by atoms with Crippen LogP contribution in [0.1, 0.15) is 21.5 Å². The van der Waals surface area contributed by atoms with Gasteiger partial charge in [-0.25, -0.2) is 0 Å². The minimum Gasteiger partial charge on any atom is -0.303 e. The quantitative estimate of drug-likeness (QED) is 0.853. The molecule has 2 aromatic carbocycles. The number of hydrogen-bond acceptors (Lipinski definition) is 2. The number of Topliss-reactive ketones (excluding diaryl/α,β-unsaturated/α-hetero) is 1. The van der Waals surface area contributed by atoms with Crippen molar-refractivity contribution >= 4 is 29.0 Å². The predicted octanol–water partition coefficient (Wildman–Crippen LogP) is 3.89. The molecule has 0 aromatic heterocycles. The number of benzene rings is 2. The van der Waals surface area contributed by atoms with Crippen molar-refractivity contribution in [3.63, 3.8) is 0 Å². The smallest absolute Gasteiger partial charge is 0.180 e. The summed E-state index contributed by atoms with van der Waals surface area (Å²) in [4.78, 5) is 12.5. The van der Waals surface area contributed by atoms with Gasteiger partial charge in [0, 0.05) is 12.1 Å². The normalized spacial score (nSPS) is 17.6. The molecular formula is C16H13Cl2NO. The molecule has 1 aliphatic rings. The fraction of sp³-hybridized carbons (Fsp3) is 0.188. The van der Waals surface area contributed by atoms with Crippen molar-refractivity contribution in [1.82, 2.24) is 5.32 Å². The van der Waals surface area contributed by atoms with E-state index in [9.17, 15) is 4.79 Å². The molecule has 0 fully saturated rings. The van der Waals surface area contributed by atoms with Crippen molar-refractivity contribution in [1.29, 1.82) is 0 Å². The second kappa shape index (κ2) is 5.57. The average molecular weight is 306 g/mol. The largest absolute Gasteiger partial charge is 0.303 e. The van der Waals surface area contributed by atoms with Crippen LogP contribution in [0.2, 0.25) is 10.0 Å². The minimum absolute atomic E-state index is 0.0538. The highest BCUT2D eigenvalue weighted by atomic mass is 35.5. The van der Waals surface area contributed by atoms with Crippen LogP contribution in [-0.4, -0.2) is 11.8 Å². The summed E-state index contributed by atoms with van der Waals surface area (Å²) in [6.45, 7) is 0.716. The van der Waals surface area contributed by atoms with E-state index in [4.69, 9.17) is 23.2 Å². The highest BCUT2D eigenvalue weighted by Gasteiger charge is 2.25. The number of carbonyl (C=O) groups is 1. The van der Waals surface area contributed by atoms with Crippen LogP contribution < -0.4 is 5.32 Å². The molecule has 1 N–H and O–H groups in total. The Bertz CT molecular complexity index is 669. The van der Waals surface area contributed by atoms with Crippen molar-refractivity contribution in [2.75, 3.05) is 0 Å². The Hall–Kier alpha value is -1.35. The molecule has 0 bridgehead atoms. The van der Waals surface area contributed by atoms with E-state index >= 15 is 0 Å². The van der Waals surface area contributed by atoms with E-state index in [1.165, 1.54) is 11.1 Å². The number of halogens is 2. The molecule has 20 heavy (non-hydrogen) atoms. The second-order valence-corrected chi connectivity index (χ2v) is 5.71. The summed E-state index contributed by atoms with van der Waals surface area (Å²) in [6.07, 6.45) is 0.704. The third kappa shape index (κ3) is 2.59. The number of rotatable bonds is 2. The van der Waals surface area contributed by atoms with Gasteiger partial charge in [0.1, 0.15) is 0 Å². The lowest BCUT2D eigenvalue weighted by molar-refractivity contribution is 0.0938. The summed E-state index contributed by atoms with van der Waals surface area (Å²) in [7, 11) is 0. The van der Waals surface area contributed by atoms with Crippen LogP contribution in [0.15, 0.2) is 42.5 Å². The van der Waals surface area contributed by atoms with Crippen molar-refractivity contribution in [2.24, 2.45) is 0 Å². The van der Waals surface area contributed by atoms with E-state index in [0.717, 1.165) is 0 Å². The zero-order valence-corrected chi connectivity index (χ0v) is 12.2. The number of fused-ring (bicyclic) bond motifs is 1. The van der Waals surface area contributed by atoms with Crippen LogP contribution in [0, 0.1) is 0 Å². The summed E-state index contributed by atoms with van der Waals surface area (Å²) in [5.74, 6) is 0.0538. The first kappa shape index (κ1) is 13.6. The SMILES string of the molecule is O=C(c1ccc(Cl)c(Cl)c1)C1Cc2ccccc2CN1. The van der Waals surface area contributed by atoms with Gasteiger partial charge in [-0.1, -0.05) is 47.5 Å². The van der Waals surface area contributed by atoms with Crippen LogP contribution in [-0.2, 0) is 13.0 Å². The summed E-state index contributed by atoms with van der Waals surface area (Å²) in [6, 6.07) is 13.0. The predicted molar refractivity (Wildman–Crippen MR) is 81.6 cm³/mol. The van der Waals surface area contributed by atoms with E-state index < -0.39 is 0 Å². The Morgan fingerprint density at radius 2 is 1.80 bits per heavy atom. The topological polar surface area (TPSA) is 29.1 Å². The van der Waals surface area contributed by atoms with Gasteiger partial charge in [0.05, 0.1) is 16.1 Å². The lowest BCUT2D eigenvalue weighted by Gasteiger charge is -2.25. The van der Waals surface area contributed by atoms with Crippen LogP contribution in [0.3, 0.4) is 0 Å². The Morgan fingerprint density at radius 3 is 2.55 bits per heavy atom. The molecule has 102 valence electrons. The molecule has 1 atom stereocenters. The molecule has 1 aliphatic heterocycles. The van der Waals surface area contributed by atoms with Gasteiger partial charge in [0.25, 0.3) is 0 Å². The van der Waals surface area contributed by atoms with E-state index in [1.807, 2.05) is 12.1 Å². The van der Waals surface area contributed by atoms with Crippen molar-refractivity contribution in [2.45, 2.75) is 19.0 Å². The molecule has 2 nitrogen and oxygen atoms in total. The van der Waals surface area contributed by atoms with Gasteiger partial charge >= 0.3 is 0 Å². The third-order valence-electron chi connectivity index (χ3n) is 3.60. The van der Waals surface area contributed by atoms with Gasteiger partial charge in [-0.05, 0) is 35.7 Å². The lowest BCUT2D eigenvalue weighted by Crippen LogP contribution is -2.41. The summed E-state index contributed by atoms with van der Waals surface area (Å²) < 4.78 is 0. The van der Waals surface area contributed by atoms with Gasteiger partial charge in [-0.2, -0.15) is 0 Å². The monoisotopic (exact) mass is 305 g/mol. The summed E-state index contributed by atoms with van der Waals surface area (Å²) in [5.41, 5.74) is 3.08. The number of nitrogens with one attached hydrogen (secondary N) is 1. The van der Waals surface area contributed by atoms with E-state index in [1.54, 1.807) is 18.2 Å². The maximum atomic E-state index is 12.5. The van der Waals surface area contributed by atoms with Crippen molar-refractivity contribution in [3.05, 3.63) is 69.2 Å². The zero-order chi connectivity index (χ0) is 14.1. The number of carbonyl (C=O) groups excluding carboxylic acids is 1. The minimum atomic E-state index is -0.206. The van der Waals surface area contributed by atoms with Gasteiger partial charge in [-0.3, -0.25) is 4.79 Å². The highest BCUT2D eigenvalue weighted by Crippen LogP contribution is 2.24. The van der Waals surface area contributed by atoms with Gasteiger partial charge in [0.15, 0.2) is 5.78 Å². The molecule has 0 spiro atoms. The molecule has 0 radical (unpaired) electrons. The number of hydrogen-bond donors (Lipinski definition) is 1. The fourth-order valence-corrected chi connectivity index (χ4v) is 2.79. The molecule has 0 aliphatic carbocycles. The van der Waals surface area contributed by atoms with Crippen LogP contribution in [0.5, 0.6) is 0 Å². The molecule has 1 heterocycles. The Morgan fingerprint density at radius 1 is 1.05 bits per heavy atom. The first-order chi connectivity index (χ1) is 9.65. The Labute approximate surface area is 127 Å². The molecular weight excluding hydrogens is 293 g/mol. The average Bonchev–Trinajstić information content (AvgIpc) is 2.49. The van der Waals surface area contributed by atoms with Gasteiger partial charge in [0.2, 0.25) is 0 Å². The number of ketones is 1. The zero-order valence-electron chi connectivity index (χ0n) is 10.7. The van der Waals surface area contributed by atoms with Crippen molar-refractivity contribution < 1.29 is 4.79 Å². The summed E-state index contributed by atoms with van der Waals surface area (Å²) in [5, 5.41) is 4.16. The van der Waals surface area contributed by atoms with Crippen LogP contribution in [0.4, 0.5) is 0 Å². The second-order valence-electron chi connectivity index (χ2n) is 4.90. The molecule has 0 saturated heterocycles. The Kier molecular flexibility index (Phi) is 3.79. The van der Waals surface area contributed by atoms with Crippen LogP contribution >= 0.6 is 23.2 Å². The van der Waals surface area contributed by atoms with E-state index in [2.05, 4.69) is 17.4 Å². The molecule has 1 unspecified atom stereocenters. The summed E-state index contributed by atoms with van der Waals surface area (Å²) >= 11 is 11.9. The van der Waals surface area contributed by atoms with E-state index in [0.29, 0.717) is 28.6 Å². The van der Waals surface area contributed by atoms with Crippen molar-refractivity contribution in [3.8, 4) is 0 Å². The molecule has 0 saturated carbocycles. The fourth-order valence-electron chi connectivity index (χ4n) is 2.49. The molecule has 3 rings (SSSR count). The van der Waals surface area contributed by atoms with Crippen LogP contribution in [0.25, 0.3) is 0 Å². The first-order valence-electron chi connectivity index (χ1n) is 6.44. The standard InChI is InChI=1S/C16H13Cl2NO/c17-13-6-5-11(7-14(13)18)16(20)15-8-10-3-1-2-4-12(10)9-19-15/h1-7,15,19H,8-9H2. The maximum absolute atomic E-state index is 12.5. The molecule has 4 heteroatoms. The highest BCUT2D eigenvalue weighted by molar-refractivity contribution is 6.42. The maximum Gasteiger partial charge on any atom is 0.180 e. The van der Waals surface area contributed by atoms with Gasteiger partial charge < -0.3 is 5.32 Å². The molecule has 0 amide bonds. The first-order valence-corrected chi connectivity index (χ1v) is 7.20. The Balaban J connectivity index is 1.84.